The molecule has 1 amide bonds. The lowest BCUT2D eigenvalue weighted by atomic mass is 10.2. The number of hydrogen-bond donors (Lipinski definition) is 0. The van der Waals surface area contributed by atoms with Gasteiger partial charge in [0.05, 0.1) is 15.1 Å². The number of aromatic nitrogens is 1. The molecule has 4 rings (SSSR count). The summed E-state index contributed by atoms with van der Waals surface area (Å²) in [6.45, 7) is 5.53. The molecule has 0 fully saturated rings. The Balaban J connectivity index is 1.71. The van der Waals surface area contributed by atoms with Crippen molar-refractivity contribution in [2.45, 2.75) is 31.7 Å². The van der Waals surface area contributed by atoms with E-state index >= 15 is 0 Å². The topological polar surface area (TPSA) is 87.0 Å². The summed E-state index contributed by atoms with van der Waals surface area (Å²) in [4.78, 5) is 17.3. The normalized spacial score (nSPS) is 14.3. The Hall–Kier alpha value is -2.65. The monoisotopic (exact) mass is 446 g/mol. The average molecular weight is 447 g/mol. The fourth-order valence-electron chi connectivity index (χ4n) is 3.26. The van der Waals surface area contributed by atoms with Crippen LogP contribution in [-0.4, -0.2) is 37.9 Å². The molecule has 2 heterocycles. The van der Waals surface area contributed by atoms with Gasteiger partial charge in [0.25, 0.3) is 5.91 Å². The Bertz CT molecular complexity index is 1270. The summed E-state index contributed by atoms with van der Waals surface area (Å²) in [7, 11) is -3.75. The quantitative estimate of drug-likeness (QED) is 0.601. The number of carbonyl (C=O) groups is 1. The van der Waals surface area contributed by atoms with Crippen molar-refractivity contribution in [2.75, 3.05) is 19.0 Å². The zero-order valence-electron chi connectivity index (χ0n) is 16.8. The number of ether oxygens (including phenoxy) is 2. The zero-order valence-corrected chi connectivity index (χ0v) is 18.4. The highest BCUT2D eigenvalue weighted by Crippen LogP contribution is 2.35. The molecule has 1 aliphatic heterocycles. The summed E-state index contributed by atoms with van der Waals surface area (Å²) in [6.07, 6.45) is 0.837. The number of nitrogens with zero attached hydrogens (tertiary/aromatic N) is 2. The maximum atomic E-state index is 12.6. The second-order valence-corrected chi connectivity index (χ2v) is 10.1. The third-order valence-electron chi connectivity index (χ3n) is 4.71. The zero-order chi connectivity index (χ0) is 21.3. The third kappa shape index (κ3) is 4.13. The van der Waals surface area contributed by atoms with E-state index in [0.717, 1.165) is 22.2 Å². The molecule has 30 heavy (non-hydrogen) atoms. The van der Waals surface area contributed by atoms with Gasteiger partial charge in [0.1, 0.15) is 19.0 Å². The van der Waals surface area contributed by atoms with Crippen LogP contribution < -0.4 is 14.3 Å². The molecule has 3 aromatic rings. The van der Waals surface area contributed by atoms with Gasteiger partial charge in [-0.1, -0.05) is 36.0 Å². The molecule has 0 unspecified atom stereocenters. The molecule has 1 aliphatic rings. The summed E-state index contributed by atoms with van der Waals surface area (Å²) in [5.74, 6) is -0.0296. The molecule has 0 saturated carbocycles. The standard InChI is InChI=1S/C21H22N2O5S2/c1-3-8-23-16-11-17-18(28-10-9-27-17)12-19(16)29-21(23)22-20(24)13-30(25,26)15-6-4-14(2)5-7-15/h4-7,11-12H,3,8-10,13H2,1-2H3. The first-order valence-corrected chi connectivity index (χ1v) is 12.1. The first-order chi connectivity index (χ1) is 14.4. The van der Waals surface area contributed by atoms with Gasteiger partial charge in [-0.3, -0.25) is 4.79 Å². The van der Waals surface area contributed by atoms with Gasteiger partial charge in [0, 0.05) is 18.7 Å². The average Bonchev–Trinajstić information content (AvgIpc) is 3.02. The maximum Gasteiger partial charge on any atom is 0.263 e. The second-order valence-electron chi connectivity index (χ2n) is 7.08. The van der Waals surface area contributed by atoms with Gasteiger partial charge in [-0.15, -0.1) is 0 Å². The molecular weight excluding hydrogens is 424 g/mol. The largest absolute Gasteiger partial charge is 0.486 e. The molecule has 1 aromatic heterocycles. The van der Waals surface area contributed by atoms with Crippen LogP contribution >= 0.6 is 11.3 Å². The number of fused-ring (bicyclic) bond motifs is 2. The van der Waals surface area contributed by atoms with Crippen LogP contribution in [0.15, 0.2) is 46.3 Å². The van der Waals surface area contributed by atoms with Crippen molar-refractivity contribution in [3.63, 3.8) is 0 Å². The van der Waals surface area contributed by atoms with Crippen LogP contribution in [0.5, 0.6) is 11.5 Å². The number of amides is 1. The second kappa shape index (κ2) is 8.23. The summed E-state index contributed by atoms with van der Waals surface area (Å²) < 4.78 is 39.3. The van der Waals surface area contributed by atoms with Gasteiger partial charge >= 0.3 is 0 Å². The molecule has 9 heteroatoms. The van der Waals surface area contributed by atoms with Crippen molar-refractivity contribution in [3.05, 3.63) is 46.8 Å². The molecule has 0 radical (unpaired) electrons. The number of carbonyl (C=O) groups excluding carboxylic acids is 1. The highest BCUT2D eigenvalue weighted by atomic mass is 32.2. The van der Waals surface area contributed by atoms with Crippen molar-refractivity contribution in [3.8, 4) is 11.5 Å². The minimum absolute atomic E-state index is 0.122. The summed E-state index contributed by atoms with van der Waals surface area (Å²) in [5, 5.41) is 0. The van der Waals surface area contributed by atoms with Gasteiger partial charge in [0.15, 0.2) is 26.1 Å². The minimum Gasteiger partial charge on any atom is -0.486 e. The SMILES string of the molecule is CCCn1c(=NC(=O)CS(=O)(=O)c2ccc(C)cc2)sc2cc3c(cc21)OCCO3. The minimum atomic E-state index is -3.75. The first-order valence-electron chi connectivity index (χ1n) is 9.67. The van der Waals surface area contributed by atoms with E-state index in [0.29, 0.717) is 36.1 Å². The van der Waals surface area contributed by atoms with E-state index in [2.05, 4.69) is 4.99 Å². The van der Waals surface area contributed by atoms with Crippen LogP contribution in [0, 0.1) is 6.92 Å². The highest BCUT2D eigenvalue weighted by molar-refractivity contribution is 7.92. The van der Waals surface area contributed by atoms with E-state index < -0.39 is 21.5 Å². The Labute approximate surface area is 178 Å². The number of sulfone groups is 1. The smallest absolute Gasteiger partial charge is 0.263 e. The van der Waals surface area contributed by atoms with Crippen LogP contribution in [-0.2, 0) is 21.2 Å². The first kappa shape index (κ1) is 20.6. The predicted molar refractivity (Wildman–Crippen MR) is 115 cm³/mol. The number of aryl methyl sites for hydroxylation is 2. The number of benzene rings is 2. The van der Waals surface area contributed by atoms with Crippen molar-refractivity contribution < 1.29 is 22.7 Å². The van der Waals surface area contributed by atoms with Crippen LogP contribution in [0.2, 0.25) is 0 Å². The summed E-state index contributed by atoms with van der Waals surface area (Å²) in [5.41, 5.74) is 1.84. The van der Waals surface area contributed by atoms with Gasteiger partial charge < -0.3 is 14.0 Å². The lowest BCUT2D eigenvalue weighted by Crippen LogP contribution is -2.21. The van der Waals surface area contributed by atoms with Crippen molar-refractivity contribution in [1.82, 2.24) is 4.57 Å². The van der Waals surface area contributed by atoms with Crippen LogP contribution in [0.3, 0.4) is 0 Å². The van der Waals surface area contributed by atoms with E-state index in [1.165, 1.54) is 23.5 Å². The van der Waals surface area contributed by atoms with Gasteiger partial charge in [-0.25, -0.2) is 8.42 Å². The van der Waals surface area contributed by atoms with E-state index in [1.54, 1.807) is 12.1 Å². The van der Waals surface area contributed by atoms with Crippen LogP contribution in [0.1, 0.15) is 18.9 Å². The highest BCUT2D eigenvalue weighted by Gasteiger charge is 2.20. The van der Waals surface area contributed by atoms with E-state index in [9.17, 15) is 13.2 Å². The maximum absolute atomic E-state index is 12.6. The van der Waals surface area contributed by atoms with Crippen LogP contribution in [0.25, 0.3) is 10.2 Å². The van der Waals surface area contributed by atoms with E-state index in [4.69, 9.17) is 9.47 Å². The van der Waals surface area contributed by atoms with Gasteiger partial charge in [-0.05, 0) is 25.5 Å². The van der Waals surface area contributed by atoms with Gasteiger partial charge in [-0.2, -0.15) is 4.99 Å². The molecule has 158 valence electrons. The predicted octanol–water partition coefficient (Wildman–Crippen LogP) is 3.09. The van der Waals surface area contributed by atoms with Gasteiger partial charge in [0.2, 0.25) is 0 Å². The van der Waals surface area contributed by atoms with Crippen molar-refractivity contribution >= 4 is 37.3 Å². The number of hydrogen-bond acceptors (Lipinski definition) is 6. The Morgan fingerprint density at radius 2 is 1.80 bits per heavy atom. The molecule has 0 spiro atoms. The fraction of sp³-hybridized carbons (Fsp3) is 0.333. The summed E-state index contributed by atoms with van der Waals surface area (Å²) in [6, 6.07) is 10.2. The van der Waals surface area contributed by atoms with Crippen LogP contribution in [0.4, 0.5) is 0 Å². The third-order valence-corrected chi connectivity index (χ3v) is 7.37. The van der Waals surface area contributed by atoms with Crippen molar-refractivity contribution in [1.29, 1.82) is 0 Å². The van der Waals surface area contributed by atoms with Crippen molar-refractivity contribution in [2.24, 2.45) is 4.99 Å². The van der Waals surface area contributed by atoms with E-state index in [-0.39, 0.29) is 4.90 Å². The lowest BCUT2D eigenvalue weighted by molar-refractivity contribution is -0.115. The molecule has 2 aromatic carbocycles. The Kier molecular flexibility index (Phi) is 5.66. The Morgan fingerprint density at radius 1 is 1.13 bits per heavy atom. The lowest BCUT2D eigenvalue weighted by Gasteiger charge is -2.18. The molecular formula is C21H22N2O5S2. The molecule has 0 N–H and O–H groups in total. The summed E-state index contributed by atoms with van der Waals surface area (Å²) >= 11 is 1.33. The molecule has 0 saturated heterocycles. The number of thiazole rings is 1. The number of rotatable bonds is 5. The molecule has 0 bridgehead atoms. The fourth-order valence-corrected chi connectivity index (χ4v) is 5.45. The Morgan fingerprint density at radius 3 is 2.47 bits per heavy atom. The van der Waals surface area contributed by atoms with E-state index in [1.807, 2.05) is 30.5 Å². The molecule has 7 nitrogen and oxygen atoms in total. The molecule has 0 atom stereocenters. The molecule has 0 aliphatic carbocycles.